The standard InChI is InChI=1S/C16H20IN3O2S/c1-4-5-13-6-15(17)8-16(7-13)20(23(3,21)22)12(2)14-9-18-11-19-10-14/h6-12H,4-5H2,1-3H3. The number of aromatic nitrogens is 2. The molecule has 0 aliphatic carbocycles. The third-order valence-electron chi connectivity index (χ3n) is 3.51. The first kappa shape index (κ1) is 18.1. The summed E-state index contributed by atoms with van der Waals surface area (Å²) < 4.78 is 27.3. The summed E-state index contributed by atoms with van der Waals surface area (Å²) in [5.41, 5.74) is 2.58. The smallest absolute Gasteiger partial charge is 0.232 e. The number of sulfonamides is 1. The fourth-order valence-corrected chi connectivity index (χ4v) is 4.46. The number of rotatable bonds is 6. The molecule has 0 amide bonds. The highest BCUT2D eigenvalue weighted by Crippen LogP contribution is 2.31. The Hall–Kier alpha value is -1.22. The molecule has 1 aromatic carbocycles. The summed E-state index contributed by atoms with van der Waals surface area (Å²) in [7, 11) is -3.44. The zero-order valence-corrected chi connectivity index (χ0v) is 16.4. The van der Waals surface area contributed by atoms with E-state index in [-0.39, 0.29) is 6.04 Å². The van der Waals surface area contributed by atoms with Gasteiger partial charge in [0.05, 0.1) is 18.0 Å². The lowest BCUT2D eigenvalue weighted by Crippen LogP contribution is -2.33. The van der Waals surface area contributed by atoms with Crippen molar-refractivity contribution in [1.29, 1.82) is 0 Å². The highest BCUT2D eigenvalue weighted by molar-refractivity contribution is 14.1. The molecule has 23 heavy (non-hydrogen) atoms. The summed E-state index contributed by atoms with van der Waals surface area (Å²) in [6.45, 7) is 3.96. The van der Waals surface area contributed by atoms with Crippen molar-refractivity contribution in [3.63, 3.8) is 0 Å². The van der Waals surface area contributed by atoms with Gasteiger partial charge in [-0.25, -0.2) is 18.4 Å². The Kier molecular flexibility index (Phi) is 5.96. The monoisotopic (exact) mass is 445 g/mol. The molecule has 0 saturated heterocycles. The molecule has 1 unspecified atom stereocenters. The van der Waals surface area contributed by atoms with Crippen molar-refractivity contribution in [2.24, 2.45) is 0 Å². The van der Waals surface area contributed by atoms with E-state index in [1.165, 1.54) is 16.9 Å². The van der Waals surface area contributed by atoms with Crippen LogP contribution in [0, 0.1) is 3.57 Å². The van der Waals surface area contributed by atoms with Crippen LogP contribution in [0.3, 0.4) is 0 Å². The van der Waals surface area contributed by atoms with Crippen molar-refractivity contribution in [2.45, 2.75) is 32.7 Å². The van der Waals surface area contributed by atoms with E-state index in [0.29, 0.717) is 5.69 Å². The molecule has 0 spiro atoms. The molecule has 0 radical (unpaired) electrons. The summed E-state index contributed by atoms with van der Waals surface area (Å²) in [5, 5.41) is 0. The molecular formula is C16H20IN3O2S. The second-order valence-corrected chi connectivity index (χ2v) is 8.58. The van der Waals surface area contributed by atoms with Crippen LogP contribution >= 0.6 is 22.6 Å². The van der Waals surface area contributed by atoms with Crippen molar-refractivity contribution in [1.82, 2.24) is 9.97 Å². The van der Waals surface area contributed by atoms with E-state index in [4.69, 9.17) is 0 Å². The Morgan fingerprint density at radius 2 is 1.87 bits per heavy atom. The Balaban J connectivity index is 2.52. The molecule has 124 valence electrons. The van der Waals surface area contributed by atoms with Crippen molar-refractivity contribution >= 4 is 38.3 Å². The molecule has 7 heteroatoms. The molecule has 0 bridgehead atoms. The minimum atomic E-state index is -3.44. The van der Waals surface area contributed by atoms with Gasteiger partial charge >= 0.3 is 0 Å². The molecule has 0 fully saturated rings. The lowest BCUT2D eigenvalue weighted by atomic mass is 10.1. The fourth-order valence-electron chi connectivity index (χ4n) is 2.56. The van der Waals surface area contributed by atoms with Gasteiger partial charge in [0, 0.05) is 21.5 Å². The number of halogens is 1. The minimum Gasteiger partial charge on any atom is -0.263 e. The fraction of sp³-hybridized carbons (Fsp3) is 0.375. The van der Waals surface area contributed by atoms with Gasteiger partial charge in [0.2, 0.25) is 10.0 Å². The lowest BCUT2D eigenvalue weighted by Gasteiger charge is -2.29. The van der Waals surface area contributed by atoms with Gasteiger partial charge in [-0.3, -0.25) is 4.31 Å². The Morgan fingerprint density at radius 3 is 2.43 bits per heavy atom. The maximum atomic E-state index is 12.4. The van der Waals surface area contributed by atoms with Gasteiger partial charge in [-0.2, -0.15) is 0 Å². The molecule has 0 aliphatic heterocycles. The summed E-state index contributed by atoms with van der Waals surface area (Å²) in [5.74, 6) is 0. The molecule has 0 saturated carbocycles. The van der Waals surface area contributed by atoms with Gasteiger partial charge in [0.1, 0.15) is 6.33 Å². The molecule has 1 atom stereocenters. The van der Waals surface area contributed by atoms with Crippen LogP contribution in [0.2, 0.25) is 0 Å². The largest absolute Gasteiger partial charge is 0.263 e. The molecule has 1 aromatic heterocycles. The van der Waals surface area contributed by atoms with Crippen LogP contribution in [0.15, 0.2) is 36.9 Å². The van der Waals surface area contributed by atoms with E-state index in [1.54, 1.807) is 12.4 Å². The molecule has 2 aromatic rings. The van der Waals surface area contributed by atoms with Crippen LogP contribution in [0.1, 0.15) is 37.4 Å². The van der Waals surface area contributed by atoms with Crippen LogP contribution in [-0.2, 0) is 16.4 Å². The number of nitrogens with zero attached hydrogens (tertiary/aromatic N) is 3. The van der Waals surface area contributed by atoms with Gasteiger partial charge in [-0.15, -0.1) is 0 Å². The Morgan fingerprint density at radius 1 is 1.22 bits per heavy atom. The van der Waals surface area contributed by atoms with E-state index in [9.17, 15) is 8.42 Å². The minimum absolute atomic E-state index is 0.376. The Labute approximate surface area is 151 Å². The molecule has 0 N–H and O–H groups in total. The van der Waals surface area contributed by atoms with Crippen molar-refractivity contribution in [2.75, 3.05) is 10.6 Å². The van der Waals surface area contributed by atoms with Gasteiger partial charge in [0.15, 0.2) is 0 Å². The van der Waals surface area contributed by atoms with E-state index < -0.39 is 10.0 Å². The highest BCUT2D eigenvalue weighted by Gasteiger charge is 2.26. The second kappa shape index (κ2) is 7.57. The van der Waals surface area contributed by atoms with Crippen molar-refractivity contribution in [3.8, 4) is 0 Å². The number of benzene rings is 1. The Bertz CT molecular complexity index is 766. The van der Waals surface area contributed by atoms with E-state index >= 15 is 0 Å². The molecular weight excluding hydrogens is 425 g/mol. The summed E-state index contributed by atoms with van der Waals surface area (Å²) in [6.07, 6.45) is 7.90. The number of anilines is 1. The van der Waals surface area contributed by atoms with E-state index in [1.807, 2.05) is 19.1 Å². The number of hydrogen-bond donors (Lipinski definition) is 0. The first-order valence-electron chi connectivity index (χ1n) is 7.36. The second-order valence-electron chi connectivity index (χ2n) is 5.47. The van der Waals surface area contributed by atoms with E-state index in [0.717, 1.165) is 27.5 Å². The van der Waals surface area contributed by atoms with Crippen molar-refractivity contribution in [3.05, 3.63) is 51.6 Å². The van der Waals surface area contributed by atoms with E-state index in [2.05, 4.69) is 45.5 Å². The summed E-state index contributed by atoms with van der Waals surface area (Å²) in [6, 6.07) is 5.55. The van der Waals surface area contributed by atoms with Crippen LogP contribution in [0.25, 0.3) is 0 Å². The van der Waals surface area contributed by atoms with Crippen LogP contribution in [-0.4, -0.2) is 24.6 Å². The summed E-state index contributed by atoms with van der Waals surface area (Å²) in [4.78, 5) is 7.99. The van der Waals surface area contributed by atoms with Gasteiger partial charge in [-0.1, -0.05) is 13.3 Å². The SMILES string of the molecule is CCCc1cc(I)cc(N(C(C)c2cncnc2)S(C)(=O)=O)c1. The maximum absolute atomic E-state index is 12.4. The number of aryl methyl sites for hydroxylation is 1. The molecule has 5 nitrogen and oxygen atoms in total. The van der Waals surface area contributed by atoms with Crippen LogP contribution < -0.4 is 4.31 Å². The average Bonchev–Trinajstić information content (AvgIpc) is 2.46. The molecule has 0 aliphatic rings. The summed E-state index contributed by atoms with van der Waals surface area (Å²) >= 11 is 2.22. The first-order valence-corrected chi connectivity index (χ1v) is 10.3. The normalized spacial score (nSPS) is 12.9. The van der Waals surface area contributed by atoms with Crippen LogP contribution in [0.5, 0.6) is 0 Å². The first-order chi connectivity index (χ1) is 10.8. The number of hydrogen-bond acceptors (Lipinski definition) is 4. The highest BCUT2D eigenvalue weighted by atomic mass is 127. The van der Waals surface area contributed by atoms with Gasteiger partial charge < -0.3 is 0 Å². The predicted octanol–water partition coefficient (Wildman–Crippen LogP) is 3.56. The van der Waals surface area contributed by atoms with Crippen molar-refractivity contribution < 1.29 is 8.42 Å². The zero-order valence-electron chi connectivity index (χ0n) is 13.4. The lowest BCUT2D eigenvalue weighted by molar-refractivity contribution is 0.588. The van der Waals surface area contributed by atoms with Gasteiger partial charge in [-0.05, 0) is 59.7 Å². The third-order valence-corrected chi connectivity index (χ3v) is 5.37. The zero-order chi connectivity index (χ0) is 17.0. The quantitative estimate of drug-likeness (QED) is 0.638. The predicted molar refractivity (Wildman–Crippen MR) is 101 cm³/mol. The third kappa shape index (κ3) is 4.63. The van der Waals surface area contributed by atoms with Crippen LogP contribution in [0.4, 0.5) is 5.69 Å². The topological polar surface area (TPSA) is 63.2 Å². The van der Waals surface area contributed by atoms with Gasteiger partial charge in [0.25, 0.3) is 0 Å². The average molecular weight is 445 g/mol. The molecule has 1 heterocycles. The maximum Gasteiger partial charge on any atom is 0.232 e. The molecule has 2 rings (SSSR count).